The lowest BCUT2D eigenvalue weighted by atomic mass is 10.3. The first-order chi connectivity index (χ1) is 6.06. The van der Waals surface area contributed by atoms with Crippen LogP contribution in [0.25, 0.3) is 0 Å². The number of carbonyl (C=O) groups is 1. The SMILES string of the molecule is COC(=O)c1cc(Cl)c[n+](O)c1Cl. The average Bonchev–Trinajstić information content (AvgIpc) is 2.10. The Hall–Kier alpha value is -1.00. The highest BCUT2D eigenvalue weighted by Crippen LogP contribution is 2.16. The Balaban J connectivity index is 3.28. The van der Waals surface area contributed by atoms with Gasteiger partial charge >= 0.3 is 11.1 Å². The van der Waals surface area contributed by atoms with Gasteiger partial charge in [-0.3, -0.25) is 5.21 Å². The van der Waals surface area contributed by atoms with Gasteiger partial charge in [0.1, 0.15) is 5.02 Å². The largest absolute Gasteiger partial charge is 0.465 e. The minimum absolute atomic E-state index is 0.0131. The molecule has 0 aliphatic carbocycles. The van der Waals surface area contributed by atoms with Crippen molar-refractivity contribution in [2.45, 2.75) is 0 Å². The van der Waals surface area contributed by atoms with Crippen molar-refractivity contribution in [3.63, 3.8) is 0 Å². The molecule has 0 atom stereocenters. The Kier molecular flexibility index (Phi) is 2.95. The van der Waals surface area contributed by atoms with Crippen LogP contribution in [0.3, 0.4) is 0 Å². The lowest BCUT2D eigenvalue weighted by Gasteiger charge is -1.98. The monoisotopic (exact) mass is 222 g/mol. The molecule has 13 heavy (non-hydrogen) atoms. The zero-order valence-corrected chi connectivity index (χ0v) is 8.13. The number of hydrogen-bond acceptors (Lipinski definition) is 3. The first-order valence-electron chi connectivity index (χ1n) is 3.24. The zero-order valence-electron chi connectivity index (χ0n) is 6.62. The van der Waals surface area contributed by atoms with Crippen LogP contribution >= 0.6 is 23.2 Å². The van der Waals surface area contributed by atoms with Gasteiger partial charge in [0, 0.05) is 4.73 Å². The van der Waals surface area contributed by atoms with E-state index in [4.69, 9.17) is 28.4 Å². The third-order valence-corrected chi connectivity index (χ3v) is 1.94. The van der Waals surface area contributed by atoms with Gasteiger partial charge in [0.25, 0.3) is 0 Å². The van der Waals surface area contributed by atoms with Crippen LogP contribution in [0.15, 0.2) is 12.3 Å². The summed E-state index contributed by atoms with van der Waals surface area (Å²) >= 11 is 11.2. The maximum atomic E-state index is 11.0. The number of pyridine rings is 1. The third kappa shape index (κ3) is 2.02. The van der Waals surface area contributed by atoms with Crippen molar-refractivity contribution in [3.05, 3.63) is 28.0 Å². The van der Waals surface area contributed by atoms with Gasteiger partial charge < -0.3 is 4.74 Å². The Morgan fingerprint density at radius 1 is 1.62 bits per heavy atom. The molecule has 70 valence electrons. The predicted octanol–water partition coefficient (Wildman–Crippen LogP) is 1.30. The number of ether oxygens (including phenoxy) is 1. The van der Waals surface area contributed by atoms with Gasteiger partial charge in [-0.05, 0) is 17.7 Å². The highest BCUT2D eigenvalue weighted by Gasteiger charge is 2.22. The predicted molar refractivity (Wildman–Crippen MR) is 45.2 cm³/mol. The molecule has 0 aromatic carbocycles. The molecule has 0 amide bonds. The summed E-state index contributed by atoms with van der Waals surface area (Å²) in [6, 6.07) is 1.31. The molecule has 0 spiro atoms. The summed E-state index contributed by atoms with van der Waals surface area (Å²) in [7, 11) is 1.21. The van der Waals surface area contributed by atoms with Gasteiger partial charge in [0.15, 0.2) is 5.56 Å². The molecule has 1 rings (SSSR count). The fourth-order valence-corrected chi connectivity index (χ4v) is 1.17. The molecule has 1 heterocycles. The molecule has 0 saturated carbocycles. The number of carbonyl (C=O) groups excluding carboxylic acids is 1. The molecule has 1 aromatic heterocycles. The van der Waals surface area contributed by atoms with Crippen molar-refractivity contribution in [1.82, 2.24) is 0 Å². The van der Waals surface area contributed by atoms with Gasteiger partial charge in [-0.2, -0.15) is 0 Å². The maximum Gasteiger partial charge on any atom is 0.345 e. The van der Waals surface area contributed by atoms with Crippen molar-refractivity contribution in [2.75, 3.05) is 7.11 Å². The Morgan fingerprint density at radius 3 is 2.77 bits per heavy atom. The second-order valence-electron chi connectivity index (χ2n) is 2.20. The van der Waals surface area contributed by atoms with Crippen molar-refractivity contribution in [2.24, 2.45) is 0 Å². The van der Waals surface area contributed by atoms with Crippen molar-refractivity contribution in [3.8, 4) is 0 Å². The molecule has 0 aliphatic heterocycles. The van der Waals surface area contributed by atoms with E-state index in [9.17, 15) is 4.79 Å². The third-order valence-electron chi connectivity index (χ3n) is 1.36. The fourth-order valence-electron chi connectivity index (χ4n) is 0.785. The molecule has 0 bridgehead atoms. The Labute approximate surface area is 84.2 Å². The van der Waals surface area contributed by atoms with E-state index < -0.39 is 5.97 Å². The van der Waals surface area contributed by atoms with E-state index in [0.717, 1.165) is 6.20 Å². The zero-order chi connectivity index (χ0) is 10.0. The minimum Gasteiger partial charge on any atom is -0.465 e. The van der Waals surface area contributed by atoms with Crippen molar-refractivity contribution >= 4 is 29.2 Å². The molecule has 1 N–H and O–H groups in total. The van der Waals surface area contributed by atoms with Crippen molar-refractivity contribution < 1.29 is 19.5 Å². The van der Waals surface area contributed by atoms with Crippen LogP contribution in [0.1, 0.15) is 10.4 Å². The fraction of sp³-hybridized carbons (Fsp3) is 0.143. The molecule has 1 aromatic rings. The Bertz CT molecular complexity index is 354. The lowest BCUT2D eigenvalue weighted by molar-refractivity contribution is -0.903. The summed E-state index contributed by atoms with van der Waals surface area (Å²) in [5, 5.41) is 9.16. The standard InChI is InChI=1S/C7H6Cl2NO3/c1-13-7(11)5-2-4(8)3-10(12)6(5)9/h2-3,12H,1H3/q+1. The first-order valence-corrected chi connectivity index (χ1v) is 4.00. The van der Waals surface area contributed by atoms with Gasteiger partial charge in [-0.25, -0.2) is 4.79 Å². The average molecular weight is 223 g/mol. The molecule has 0 fully saturated rings. The summed E-state index contributed by atoms with van der Waals surface area (Å²) < 4.78 is 4.97. The van der Waals surface area contributed by atoms with E-state index in [1.165, 1.54) is 13.2 Å². The van der Waals surface area contributed by atoms with E-state index in [-0.39, 0.29) is 15.7 Å². The summed E-state index contributed by atoms with van der Waals surface area (Å²) in [5.41, 5.74) is 0.0131. The van der Waals surface area contributed by atoms with Gasteiger partial charge in [-0.1, -0.05) is 11.6 Å². The number of nitrogens with zero attached hydrogens (tertiary/aromatic N) is 1. The van der Waals surface area contributed by atoms with Crippen molar-refractivity contribution in [1.29, 1.82) is 0 Å². The maximum absolute atomic E-state index is 11.0. The summed E-state index contributed by atoms with van der Waals surface area (Å²) in [6.07, 6.45) is 1.16. The highest BCUT2D eigenvalue weighted by molar-refractivity contribution is 6.33. The van der Waals surface area contributed by atoms with Gasteiger partial charge in [-0.15, -0.1) is 0 Å². The van der Waals surface area contributed by atoms with E-state index >= 15 is 0 Å². The molecule has 0 aliphatic rings. The summed E-state index contributed by atoms with van der Waals surface area (Å²) in [5.74, 6) is -0.657. The second-order valence-corrected chi connectivity index (χ2v) is 2.99. The number of aromatic nitrogens is 1. The summed E-state index contributed by atoms with van der Waals surface area (Å²) in [6.45, 7) is 0. The smallest absolute Gasteiger partial charge is 0.345 e. The van der Waals surface area contributed by atoms with Crippen LogP contribution in [0.4, 0.5) is 0 Å². The van der Waals surface area contributed by atoms with Crippen LogP contribution in [-0.4, -0.2) is 18.3 Å². The molecular weight excluding hydrogens is 217 g/mol. The number of hydrogen-bond donors (Lipinski definition) is 1. The number of rotatable bonds is 1. The second kappa shape index (κ2) is 3.81. The molecule has 0 saturated heterocycles. The summed E-state index contributed by atoms with van der Waals surface area (Å²) in [4.78, 5) is 11.0. The van der Waals surface area contributed by atoms with Crippen LogP contribution in [-0.2, 0) is 4.74 Å². The molecule has 0 radical (unpaired) electrons. The van der Waals surface area contributed by atoms with E-state index in [0.29, 0.717) is 4.73 Å². The molecule has 4 nitrogen and oxygen atoms in total. The van der Waals surface area contributed by atoms with E-state index in [1.807, 2.05) is 0 Å². The topological polar surface area (TPSA) is 50.4 Å². The normalized spacial score (nSPS) is 9.77. The lowest BCUT2D eigenvalue weighted by Crippen LogP contribution is -2.32. The molecular formula is C7H6Cl2NO3+. The van der Waals surface area contributed by atoms with Crippen LogP contribution in [0.2, 0.25) is 10.2 Å². The number of esters is 1. The van der Waals surface area contributed by atoms with Crippen LogP contribution in [0.5, 0.6) is 0 Å². The Morgan fingerprint density at radius 2 is 2.23 bits per heavy atom. The minimum atomic E-state index is -0.657. The highest BCUT2D eigenvalue weighted by atomic mass is 35.5. The molecule has 0 unspecified atom stereocenters. The van der Waals surface area contributed by atoms with Crippen LogP contribution in [0, 0.1) is 0 Å². The van der Waals surface area contributed by atoms with Gasteiger partial charge in [0.05, 0.1) is 7.11 Å². The van der Waals surface area contributed by atoms with Crippen LogP contribution < -0.4 is 4.73 Å². The number of methoxy groups -OCH3 is 1. The molecule has 6 heteroatoms. The van der Waals surface area contributed by atoms with E-state index in [1.54, 1.807) is 0 Å². The van der Waals surface area contributed by atoms with Gasteiger partial charge in [0.2, 0.25) is 6.20 Å². The number of halogens is 2. The quantitative estimate of drug-likeness (QED) is 0.338. The van der Waals surface area contributed by atoms with E-state index in [2.05, 4.69) is 4.74 Å². The first kappa shape index (κ1) is 10.1.